The summed E-state index contributed by atoms with van der Waals surface area (Å²) in [6, 6.07) is 20.8. The van der Waals surface area contributed by atoms with Gasteiger partial charge in [0.25, 0.3) is 5.91 Å². The van der Waals surface area contributed by atoms with Crippen molar-refractivity contribution < 1.29 is 33.0 Å². The number of thioether (sulfide) groups is 1. The molecule has 0 fully saturated rings. The third kappa shape index (κ3) is 7.33. The molecule has 190 valence electrons. The van der Waals surface area contributed by atoms with E-state index in [1.165, 1.54) is 24.3 Å². The van der Waals surface area contributed by atoms with Gasteiger partial charge in [-0.3, -0.25) is 4.79 Å². The molecule has 3 rings (SSSR count). The zero-order valence-corrected chi connectivity index (χ0v) is 21.2. The lowest BCUT2D eigenvalue weighted by molar-refractivity contribution is -0.153. The molecular formula is C26H27NO7S2. The van der Waals surface area contributed by atoms with Crippen molar-refractivity contribution in [2.45, 2.75) is 28.7 Å². The molecule has 1 unspecified atom stereocenters. The Kier molecular flexibility index (Phi) is 9.14. The molecule has 0 radical (unpaired) electrons. The van der Waals surface area contributed by atoms with Crippen molar-refractivity contribution in [2.24, 2.45) is 0 Å². The molecule has 1 atom stereocenters. The van der Waals surface area contributed by atoms with Crippen LogP contribution in [0.15, 0.2) is 88.7 Å². The highest BCUT2D eigenvalue weighted by Crippen LogP contribution is 2.26. The number of carbonyl (C=O) groups excluding carboxylic acids is 1. The fourth-order valence-electron chi connectivity index (χ4n) is 3.15. The summed E-state index contributed by atoms with van der Waals surface area (Å²) < 4.78 is 31.3. The molecule has 8 nitrogen and oxygen atoms in total. The third-order valence-corrected chi connectivity index (χ3v) is 8.18. The highest BCUT2D eigenvalue weighted by Gasteiger charge is 2.41. The molecule has 0 spiro atoms. The van der Waals surface area contributed by atoms with Crippen molar-refractivity contribution in [3.05, 3.63) is 84.4 Å². The molecule has 0 saturated heterocycles. The molecule has 3 aromatic carbocycles. The molecule has 0 saturated carbocycles. The summed E-state index contributed by atoms with van der Waals surface area (Å²) in [7, 11) is -4.15. The van der Waals surface area contributed by atoms with E-state index in [-0.39, 0.29) is 16.6 Å². The van der Waals surface area contributed by atoms with Crippen LogP contribution >= 0.6 is 11.8 Å². The Hall–Kier alpha value is -3.34. The van der Waals surface area contributed by atoms with E-state index >= 15 is 0 Å². The van der Waals surface area contributed by atoms with Crippen LogP contribution in [0.1, 0.15) is 23.7 Å². The number of anilines is 1. The lowest BCUT2D eigenvalue weighted by Gasteiger charge is -2.23. The topological polar surface area (TPSA) is 130 Å². The molecular weight excluding hydrogens is 502 g/mol. The second-order valence-electron chi connectivity index (χ2n) is 8.05. The number of benzene rings is 3. The number of rotatable bonds is 12. The lowest BCUT2D eigenvalue weighted by Crippen LogP contribution is -2.47. The van der Waals surface area contributed by atoms with Crippen LogP contribution in [0, 0.1) is 0 Å². The van der Waals surface area contributed by atoms with Gasteiger partial charge >= 0.3 is 5.97 Å². The summed E-state index contributed by atoms with van der Waals surface area (Å²) in [5.74, 6) is -2.68. The summed E-state index contributed by atoms with van der Waals surface area (Å²) in [5, 5.41) is 22.9. The Morgan fingerprint density at radius 3 is 2.19 bits per heavy atom. The average molecular weight is 530 g/mol. The van der Waals surface area contributed by atoms with Gasteiger partial charge in [0.2, 0.25) is 0 Å². The van der Waals surface area contributed by atoms with Crippen molar-refractivity contribution in [3.8, 4) is 5.75 Å². The van der Waals surface area contributed by atoms with E-state index in [0.717, 1.165) is 18.2 Å². The van der Waals surface area contributed by atoms with Crippen LogP contribution in [0.3, 0.4) is 0 Å². The first kappa shape index (κ1) is 27.3. The van der Waals surface area contributed by atoms with E-state index in [4.69, 9.17) is 4.74 Å². The molecule has 0 aliphatic rings. The lowest BCUT2D eigenvalue weighted by atomic mass is 10.1. The van der Waals surface area contributed by atoms with Crippen LogP contribution in [-0.2, 0) is 14.6 Å². The van der Waals surface area contributed by atoms with Crippen molar-refractivity contribution in [1.29, 1.82) is 0 Å². The predicted octanol–water partition coefficient (Wildman–Crippen LogP) is 4.11. The first-order chi connectivity index (χ1) is 17.1. The van der Waals surface area contributed by atoms with E-state index in [9.17, 15) is 28.2 Å². The van der Waals surface area contributed by atoms with Gasteiger partial charge < -0.3 is 20.3 Å². The minimum atomic E-state index is -4.15. The Morgan fingerprint density at radius 2 is 1.61 bits per heavy atom. The largest absolute Gasteiger partial charge is 0.494 e. The molecule has 3 aromatic rings. The SMILES string of the molecule is CCCOc1ccc(C(=O)Nc2ccc(S(=O)(=O)CC(O)(CSc3ccccc3)C(=O)O)cc2)cc1. The van der Waals surface area contributed by atoms with Crippen molar-refractivity contribution in [2.75, 3.05) is 23.4 Å². The highest BCUT2D eigenvalue weighted by molar-refractivity contribution is 7.99. The van der Waals surface area contributed by atoms with Crippen LogP contribution < -0.4 is 10.1 Å². The van der Waals surface area contributed by atoms with Gasteiger partial charge in [-0.1, -0.05) is 25.1 Å². The number of carboxylic acid groups (broad SMARTS) is 1. The van der Waals surface area contributed by atoms with Crippen molar-refractivity contribution in [1.82, 2.24) is 0 Å². The number of carboxylic acids is 1. The van der Waals surface area contributed by atoms with E-state index in [1.807, 2.05) is 6.92 Å². The number of amides is 1. The number of hydrogen-bond acceptors (Lipinski definition) is 7. The number of hydrogen-bond donors (Lipinski definition) is 3. The molecule has 0 heterocycles. The van der Waals surface area contributed by atoms with E-state index < -0.39 is 27.2 Å². The first-order valence-corrected chi connectivity index (χ1v) is 13.8. The molecule has 0 aliphatic heterocycles. The van der Waals surface area contributed by atoms with Gasteiger partial charge in [-0.25, -0.2) is 13.2 Å². The fourth-order valence-corrected chi connectivity index (χ4v) is 5.84. The Morgan fingerprint density at radius 1 is 0.972 bits per heavy atom. The standard InChI is InChI=1S/C26H27NO7S2/c1-2-16-34-21-12-8-19(9-13-21)24(28)27-20-10-14-23(15-11-20)36(32,33)18-26(31,25(29)30)17-35-22-6-4-3-5-7-22/h3-15,31H,2,16-18H2,1H3,(H,27,28)(H,29,30). The second kappa shape index (κ2) is 12.1. The number of aliphatic hydroxyl groups is 1. The predicted molar refractivity (Wildman–Crippen MR) is 138 cm³/mol. The molecule has 36 heavy (non-hydrogen) atoms. The Labute approximate surface area is 214 Å². The van der Waals surface area contributed by atoms with Gasteiger partial charge in [0, 0.05) is 21.9 Å². The monoisotopic (exact) mass is 529 g/mol. The van der Waals surface area contributed by atoms with Crippen LogP contribution in [-0.4, -0.2) is 54.2 Å². The van der Waals surface area contributed by atoms with Gasteiger partial charge in [0.15, 0.2) is 15.4 Å². The average Bonchev–Trinajstić information content (AvgIpc) is 2.87. The van der Waals surface area contributed by atoms with E-state index in [1.54, 1.807) is 54.6 Å². The van der Waals surface area contributed by atoms with Crippen LogP contribution in [0.4, 0.5) is 5.69 Å². The highest BCUT2D eigenvalue weighted by atomic mass is 32.2. The summed E-state index contributed by atoms with van der Waals surface area (Å²) in [4.78, 5) is 24.8. The van der Waals surface area contributed by atoms with Gasteiger partial charge in [-0.05, 0) is 67.1 Å². The minimum absolute atomic E-state index is 0.165. The number of carbonyl (C=O) groups is 2. The first-order valence-electron chi connectivity index (χ1n) is 11.1. The van der Waals surface area contributed by atoms with Gasteiger partial charge in [-0.2, -0.15) is 0 Å². The number of ether oxygens (including phenoxy) is 1. The van der Waals surface area contributed by atoms with Crippen molar-refractivity contribution in [3.63, 3.8) is 0 Å². The van der Waals surface area contributed by atoms with Crippen LogP contribution in [0.2, 0.25) is 0 Å². The van der Waals surface area contributed by atoms with Gasteiger partial charge in [0.05, 0.1) is 17.3 Å². The van der Waals surface area contributed by atoms with Crippen LogP contribution in [0.25, 0.3) is 0 Å². The maximum absolute atomic E-state index is 12.9. The van der Waals surface area contributed by atoms with Gasteiger partial charge in [0.1, 0.15) is 5.75 Å². The zero-order chi connectivity index (χ0) is 26.2. The third-order valence-electron chi connectivity index (χ3n) is 5.11. The maximum Gasteiger partial charge on any atom is 0.337 e. The molecule has 10 heteroatoms. The van der Waals surface area contributed by atoms with E-state index in [2.05, 4.69) is 5.32 Å². The van der Waals surface area contributed by atoms with Gasteiger partial charge in [-0.15, -0.1) is 11.8 Å². The molecule has 0 bridgehead atoms. The summed E-state index contributed by atoms with van der Waals surface area (Å²) in [6.07, 6.45) is 0.871. The zero-order valence-electron chi connectivity index (χ0n) is 19.6. The maximum atomic E-state index is 12.9. The second-order valence-corrected chi connectivity index (χ2v) is 11.1. The number of nitrogens with one attached hydrogen (secondary N) is 1. The smallest absolute Gasteiger partial charge is 0.337 e. The Balaban J connectivity index is 1.66. The molecule has 1 amide bonds. The molecule has 0 aromatic heterocycles. The molecule has 0 aliphatic carbocycles. The summed E-state index contributed by atoms with van der Waals surface area (Å²) in [6.45, 7) is 2.58. The summed E-state index contributed by atoms with van der Waals surface area (Å²) in [5.41, 5.74) is -1.73. The normalized spacial score (nSPS) is 12.9. The number of aliphatic carboxylic acids is 1. The Bertz CT molecular complexity index is 1280. The number of sulfone groups is 1. The van der Waals surface area contributed by atoms with Crippen LogP contribution in [0.5, 0.6) is 5.75 Å². The minimum Gasteiger partial charge on any atom is -0.494 e. The summed E-state index contributed by atoms with van der Waals surface area (Å²) >= 11 is 1.05. The van der Waals surface area contributed by atoms with E-state index in [0.29, 0.717) is 28.5 Å². The quantitative estimate of drug-likeness (QED) is 0.299. The van der Waals surface area contributed by atoms with Crippen molar-refractivity contribution >= 4 is 39.2 Å². The fraction of sp³-hybridized carbons (Fsp3) is 0.231. The molecule has 3 N–H and O–H groups in total.